The zero-order valence-electron chi connectivity index (χ0n) is 13.4. The average molecular weight is 301 g/mol. The van der Waals surface area contributed by atoms with Gasteiger partial charge in [0.2, 0.25) is 0 Å². The van der Waals surface area contributed by atoms with Gasteiger partial charge in [0, 0.05) is 6.20 Å². The van der Waals surface area contributed by atoms with Gasteiger partial charge in [-0.3, -0.25) is 15.3 Å². The summed E-state index contributed by atoms with van der Waals surface area (Å²) >= 11 is 0. The Kier molecular flexibility index (Phi) is 2.89. The lowest BCUT2D eigenvalue weighted by Crippen LogP contribution is -2.34. The van der Waals surface area contributed by atoms with E-state index in [1.165, 1.54) is 12.3 Å². The van der Waals surface area contributed by atoms with Gasteiger partial charge in [0.15, 0.2) is 17.8 Å². The second-order valence-corrected chi connectivity index (χ2v) is 5.26. The van der Waals surface area contributed by atoms with E-state index in [0.717, 1.165) is 4.57 Å². The Morgan fingerprint density at radius 3 is 2.86 bits per heavy atom. The van der Waals surface area contributed by atoms with Gasteiger partial charge in [0.1, 0.15) is 18.3 Å². The third-order valence-corrected chi connectivity index (χ3v) is 3.38. The summed E-state index contributed by atoms with van der Waals surface area (Å²) in [6, 6.07) is 1.33. The van der Waals surface area contributed by atoms with Crippen molar-refractivity contribution >= 4 is 5.82 Å². The molecule has 21 heavy (non-hydrogen) atoms. The molecule has 9 heteroatoms. The van der Waals surface area contributed by atoms with Crippen LogP contribution in [0.5, 0.6) is 0 Å². The highest BCUT2D eigenvalue weighted by Crippen LogP contribution is 2.42. The maximum atomic E-state index is 12.1. The molecule has 0 aliphatic carbocycles. The molecule has 4 atom stereocenters. The third kappa shape index (κ3) is 2.43. The number of hydrogen-bond donors (Lipinski definition) is 3. The zero-order chi connectivity index (χ0) is 17.0. The normalized spacial score (nSPS) is 36.0. The van der Waals surface area contributed by atoms with E-state index in [1.54, 1.807) is 19.3 Å². The van der Waals surface area contributed by atoms with Gasteiger partial charge >= 0.3 is 5.69 Å². The van der Waals surface area contributed by atoms with E-state index >= 15 is 0 Å². The maximum absolute atomic E-state index is 12.1. The van der Waals surface area contributed by atoms with E-state index in [2.05, 4.69) is 4.98 Å². The van der Waals surface area contributed by atoms with Crippen molar-refractivity contribution < 1.29 is 27.3 Å². The summed E-state index contributed by atoms with van der Waals surface area (Å²) in [5.41, 5.74) is 1.02. The van der Waals surface area contributed by atoms with Crippen LogP contribution in [-0.2, 0) is 14.2 Å². The molecule has 0 spiro atoms. The largest absolute Gasteiger partial charge is 0.394 e. The molecule has 3 N–H and O–H groups in total. The van der Waals surface area contributed by atoms with E-state index in [4.69, 9.17) is 22.2 Å². The van der Waals surface area contributed by atoms with Gasteiger partial charge in [-0.15, -0.1) is 0 Å². The van der Waals surface area contributed by atoms with Crippen LogP contribution in [0.2, 0.25) is 0 Å². The van der Waals surface area contributed by atoms with Crippen LogP contribution in [0.25, 0.3) is 0 Å². The molecule has 9 nitrogen and oxygen atoms in total. The Balaban J connectivity index is 1.98. The van der Waals surface area contributed by atoms with Crippen molar-refractivity contribution in [1.29, 1.82) is 0 Å². The molecule has 0 radical (unpaired) electrons. The Labute approximate surface area is 122 Å². The first-order valence-corrected chi connectivity index (χ1v) is 6.35. The van der Waals surface area contributed by atoms with Crippen LogP contribution in [-0.4, -0.2) is 50.5 Å². The van der Waals surface area contributed by atoms with Gasteiger partial charge < -0.3 is 19.3 Å². The van der Waals surface area contributed by atoms with Crippen molar-refractivity contribution in [3.05, 3.63) is 22.7 Å². The summed E-state index contributed by atoms with van der Waals surface area (Å²) in [6.07, 6.45) is -2.73. The SMILES string of the molecule is [2H]C([2H])(O)[C@H]1O[C@@H](n2ccc(NO)nc2=O)[C@H]2OC(C)(C)OC21. The molecule has 116 valence electrons. The molecule has 3 rings (SSSR count). The summed E-state index contributed by atoms with van der Waals surface area (Å²) < 4.78 is 32.9. The highest BCUT2D eigenvalue weighted by molar-refractivity contribution is 5.28. The number of anilines is 1. The molecule has 2 fully saturated rings. The van der Waals surface area contributed by atoms with Gasteiger partial charge in [-0.25, -0.2) is 4.79 Å². The van der Waals surface area contributed by atoms with Gasteiger partial charge in [0.05, 0.1) is 9.30 Å². The van der Waals surface area contributed by atoms with E-state index in [0.29, 0.717) is 0 Å². The van der Waals surface area contributed by atoms with Crippen LogP contribution in [0, 0.1) is 0 Å². The molecule has 1 aromatic heterocycles. The molecule has 1 unspecified atom stereocenters. The van der Waals surface area contributed by atoms with E-state index < -0.39 is 42.6 Å². The number of hydrogen-bond acceptors (Lipinski definition) is 8. The minimum Gasteiger partial charge on any atom is -0.394 e. The average Bonchev–Trinajstić information content (AvgIpc) is 2.91. The first-order chi connectivity index (χ1) is 10.6. The van der Waals surface area contributed by atoms with Crippen molar-refractivity contribution in [3.63, 3.8) is 0 Å². The summed E-state index contributed by atoms with van der Waals surface area (Å²) in [5, 5.41) is 18.4. The minimum atomic E-state index is -2.68. The summed E-state index contributed by atoms with van der Waals surface area (Å²) in [7, 11) is 0. The molecule has 0 saturated carbocycles. The monoisotopic (exact) mass is 301 g/mol. The van der Waals surface area contributed by atoms with Crippen LogP contribution in [0.3, 0.4) is 0 Å². The van der Waals surface area contributed by atoms with Crippen molar-refractivity contribution in [2.24, 2.45) is 0 Å². The lowest BCUT2D eigenvalue weighted by Gasteiger charge is -2.24. The smallest absolute Gasteiger partial charge is 0.351 e. The van der Waals surface area contributed by atoms with Crippen molar-refractivity contribution in [2.75, 3.05) is 12.0 Å². The quantitative estimate of drug-likeness (QED) is 0.637. The first kappa shape index (κ1) is 12.1. The molecular formula is C12H17N3O6. The number of aliphatic hydroxyl groups is 1. The highest BCUT2D eigenvalue weighted by atomic mass is 16.8. The number of fused-ring (bicyclic) bond motifs is 1. The van der Waals surface area contributed by atoms with E-state index in [9.17, 15) is 9.90 Å². The van der Waals surface area contributed by atoms with Crippen molar-refractivity contribution in [2.45, 2.75) is 44.2 Å². The Hall–Kier alpha value is -1.52. The fourth-order valence-electron chi connectivity index (χ4n) is 2.57. The molecule has 0 bridgehead atoms. The Morgan fingerprint density at radius 1 is 1.52 bits per heavy atom. The molecule has 2 saturated heterocycles. The fraction of sp³-hybridized carbons (Fsp3) is 0.667. The second kappa shape index (κ2) is 5.04. The van der Waals surface area contributed by atoms with Gasteiger partial charge in [0.25, 0.3) is 0 Å². The Bertz CT molecular complexity index is 661. The molecule has 0 amide bonds. The number of ether oxygens (including phenoxy) is 3. The standard InChI is InChI=1S/C12H17N3O6/c1-12(2)20-8-6(5-16)19-10(9(8)21-12)15-4-3-7(14-18)13-11(15)17/h3-4,6,8-10,16,18H,5H2,1-2H3,(H,13,14,17)/t6-,8?,9+,10-/m1/s1/i5D2. The maximum Gasteiger partial charge on any atom is 0.351 e. The molecule has 3 heterocycles. The van der Waals surface area contributed by atoms with Gasteiger partial charge in [-0.2, -0.15) is 4.98 Å². The number of rotatable bonds is 3. The lowest BCUT2D eigenvalue weighted by atomic mass is 10.1. The van der Waals surface area contributed by atoms with E-state index in [1.807, 2.05) is 0 Å². The lowest BCUT2D eigenvalue weighted by molar-refractivity contribution is -0.200. The van der Waals surface area contributed by atoms with Crippen LogP contribution in [0.1, 0.15) is 22.8 Å². The first-order valence-electron chi connectivity index (χ1n) is 7.35. The van der Waals surface area contributed by atoms with Crippen molar-refractivity contribution in [3.8, 4) is 0 Å². The summed E-state index contributed by atoms with van der Waals surface area (Å²) in [5.74, 6) is -1.05. The number of aromatic nitrogens is 2. The number of nitrogens with zero attached hydrogens (tertiary/aromatic N) is 2. The molecule has 2 aliphatic rings. The summed E-state index contributed by atoms with van der Waals surface area (Å²) in [6.45, 7) is 0.615. The predicted molar refractivity (Wildman–Crippen MR) is 68.7 cm³/mol. The van der Waals surface area contributed by atoms with E-state index in [-0.39, 0.29) is 5.82 Å². The minimum absolute atomic E-state index is 0.0428. The van der Waals surface area contributed by atoms with Crippen LogP contribution in [0.15, 0.2) is 17.1 Å². The number of nitrogens with one attached hydrogen (secondary N) is 1. The molecular weight excluding hydrogens is 282 g/mol. The molecule has 1 aromatic rings. The topological polar surface area (TPSA) is 115 Å². The third-order valence-electron chi connectivity index (χ3n) is 3.38. The second-order valence-electron chi connectivity index (χ2n) is 5.26. The van der Waals surface area contributed by atoms with Crippen molar-refractivity contribution in [1.82, 2.24) is 9.55 Å². The zero-order valence-corrected chi connectivity index (χ0v) is 11.4. The summed E-state index contributed by atoms with van der Waals surface area (Å²) in [4.78, 5) is 15.6. The van der Waals surface area contributed by atoms with Gasteiger partial charge in [-0.05, 0) is 19.9 Å². The Morgan fingerprint density at radius 2 is 2.24 bits per heavy atom. The van der Waals surface area contributed by atoms with Crippen LogP contribution < -0.4 is 11.2 Å². The highest BCUT2D eigenvalue weighted by Gasteiger charge is 2.55. The molecule has 2 aliphatic heterocycles. The van der Waals surface area contributed by atoms with Crippen LogP contribution >= 0.6 is 0 Å². The fourth-order valence-corrected chi connectivity index (χ4v) is 2.57. The predicted octanol–water partition coefficient (Wildman–Crippen LogP) is -0.546. The van der Waals surface area contributed by atoms with Gasteiger partial charge in [-0.1, -0.05) is 0 Å². The molecule has 0 aromatic carbocycles. The van der Waals surface area contributed by atoms with Crippen LogP contribution in [0.4, 0.5) is 5.82 Å².